The summed E-state index contributed by atoms with van der Waals surface area (Å²) in [6, 6.07) is 1.67. The lowest BCUT2D eigenvalue weighted by Crippen LogP contribution is -2.37. The van der Waals surface area contributed by atoms with Crippen LogP contribution >= 0.6 is 11.6 Å². The van der Waals surface area contributed by atoms with E-state index in [1.165, 1.54) is 0 Å². The van der Waals surface area contributed by atoms with Gasteiger partial charge in [0.2, 0.25) is 0 Å². The number of nitrogens with one attached hydrogen (secondary N) is 1. The molecule has 1 amide bonds. The van der Waals surface area contributed by atoms with Gasteiger partial charge in [0, 0.05) is 17.8 Å². The lowest BCUT2D eigenvalue weighted by Gasteiger charge is -2.26. The molecule has 0 radical (unpaired) electrons. The minimum Gasteiger partial charge on any atom is -0.351 e. The van der Waals surface area contributed by atoms with Gasteiger partial charge in [-0.25, -0.2) is 13.2 Å². The molecule has 1 aliphatic rings. The lowest BCUT2D eigenvalue weighted by atomic mass is 9.88. The normalized spacial score (nSPS) is 17.2. The molecule has 1 saturated carbocycles. The molecule has 2 nitrogen and oxygen atoms in total. The Morgan fingerprint density at radius 3 is 2.45 bits per heavy atom. The number of carbonyl (C=O) groups excluding carboxylic acids is 1. The van der Waals surface area contributed by atoms with Crippen LogP contribution in [-0.2, 0) is 0 Å². The van der Waals surface area contributed by atoms with Crippen molar-refractivity contribution in [3.8, 4) is 0 Å². The van der Waals surface area contributed by atoms with E-state index in [4.69, 9.17) is 11.6 Å². The molecule has 1 fully saturated rings. The maximum atomic E-state index is 13.5. The lowest BCUT2D eigenvalue weighted by molar-refractivity contribution is 0.0929. The predicted molar refractivity (Wildman–Crippen MR) is 70.3 cm³/mol. The second-order valence-electron chi connectivity index (χ2n) is 5.25. The summed E-state index contributed by atoms with van der Waals surface area (Å²) in [5.74, 6) is -4.75. The quantitative estimate of drug-likeness (QED) is 0.668. The van der Waals surface area contributed by atoms with E-state index in [-0.39, 0.29) is 5.41 Å². The maximum Gasteiger partial charge on any atom is 0.254 e. The number of hydrogen-bond donors (Lipinski definition) is 1. The van der Waals surface area contributed by atoms with Crippen molar-refractivity contribution in [1.29, 1.82) is 0 Å². The third kappa shape index (κ3) is 2.92. The molecule has 6 heteroatoms. The molecule has 1 aliphatic carbocycles. The van der Waals surface area contributed by atoms with E-state index in [0.717, 1.165) is 37.8 Å². The van der Waals surface area contributed by atoms with E-state index in [1.807, 2.05) is 0 Å². The molecule has 0 aliphatic heterocycles. The molecule has 20 heavy (non-hydrogen) atoms. The van der Waals surface area contributed by atoms with Gasteiger partial charge in [-0.1, -0.05) is 12.8 Å². The molecule has 0 bridgehead atoms. The average molecular weight is 306 g/mol. The van der Waals surface area contributed by atoms with E-state index in [1.54, 1.807) is 0 Å². The van der Waals surface area contributed by atoms with Gasteiger partial charge in [0.1, 0.15) is 0 Å². The first kappa shape index (κ1) is 15.2. The second kappa shape index (κ2) is 6.04. The highest BCUT2D eigenvalue weighted by molar-refractivity contribution is 6.18. The van der Waals surface area contributed by atoms with Crippen LogP contribution in [0, 0.1) is 22.9 Å². The van der Waals surface area contributed by atoms with Gasteiger partial charge in [-0.2, -0.15) is 0 Å². The smallest absolute Gasteiger partial charge is 0.254 e. The molecule has 0 heterocycles. The first-order chi connectivity index (χ1) is 9.49. The van der Waals surface area contributed by atoms with Gasteiger partial charge in [0.05, 0.1) is 5.56 Å². The van der Waals surface area contributed by atoms with Gasteiger partial charge in [0.25, 0.3) is 5.91 Å². The van der Waals surface area contributed by atoms with Crippen molar-refractivity contribution in [1.82, 2.24) is 5.32 Å². The molecular formula is C14H15ClF3NO. The summed E-state index contributed by atoms with van der Waals surface area (Å²) in [5.41, 5.74) is -0.668. The third-order valence-electron chi connectivity index (χ3n) is 3.85. The van der Waals surface area contributed by atoms with Crippen molar-refractivity contribution in [3.05, 3.63) is 35.1 Å². The fourth-order valence-corrected chi connectivity index (χ4v) is 2.91. The molecule has 1 aromatic carbocycles. The van der Waals surface area contributed by atoms with Crippen LogP contribution in [0.5, 0.6) is 0 Å². The number of halogens is 4. The average Bonchev–Trinajstić information content (AvgIpc) is 2.92. The highest BCUT2D eigenvalue weighted by Crippen LogP contribution is 2.38. The van der Waals surface area contributed by atoms with Crippen LogP contribution in [0.2, 0.25) is 0 Å². The van der Waals surface area contributed by atoms with E-state index in [2.05, 4.69) is 5.32 Å². The van der Waals surface area contributed by atoms with E-state index in [9.17, 15) is 18.0 Å². The fourth-order valence-electron chi connectivity index (χ4n) is 2.55. The standard InChI is InChI=1S/C14H15ClF3NO/c15-7-14(5-1-2-6-14)8-19-13(20)9-3-4-10(16)12(18)11(9)17/h3-4H,1-2,5-8H2,(H,19,20). The molecule has 110 valence electrons. The van der Waals surface area contributed by atoms with Crippen molar-refractivity contribution in [3.63, 3.8) is 0 Å². The van der Waals surface area contributed by atoms with Gasteiger partial charge in [0.15, 0.2) is 17.5 Å². The van der Waals surface area contributed by atoms with E-state index < -0.39 is 28.9 Å². The number of hydrogen-bond acceptors (Lipinski definition) is 1. The number of alkyl halides is 1. The van der Waals surface area contributed by atoms with Crippen molar-refractivity contribution < 1.29 is 18.0 Å². The number of rotatable bonds is 4. The largest absolute Gasteiger partial charge is 0.351 e. The van der Waals surface area contributed by atoms with Crippen molar-refractivity contribution >= 4 is 17.5 Å². The Morgan fingerprint density at radius 2 is 1.85 bits per heavy atom. The maximum absolute atomic E-state index is 13.5. The molecule has 0 aromatic heterocycles. The van der Waals surface area contributed by atoms with Gasteiger partial charge in [-0.05, 0) is 25.0 Å². The monoisotopic (exact) mass is 305 g/mol. The Morgan fingerprint density at radius 1 is 1.20 bits per heavy atom. The molecule has 0 unspecified atom stereocenters. The summed E-state index contributed by atoms with van der Waals surface area (Å²) in [4.78, 5) is 11.9. The van der Waals surface area contributed by atoms with Gasteiger partial charge in [-0.15, -0.1) is 11.6 Å². The van der Waals surface area contributed by atoms with Crippen LogP contribution in [-0.4, -0.2) is 18.3 Å². The van der Waals surface area contributed by atoms with Crippen LogP contribution in [0.15, 0.2) is 12.1 Å². The van der Waals surface area contributed by atoms with Crippen LogP contribution in [0.1, 0.15) is 36.0 Å². The number of benzene rings is 1. The highest BCUT2D eigenvalue weighted by Gasteiger charge is 2.33. The second-order valence-corrected chi connectivity index (χ2v) is 5.51. The van der Waals surface area contributed by atoms with E-state index in [0.29, 0.717) is 12.4 Å². The summed E-state index contributed by atoms with van der Waals surface area (Å²) >= 11 is 5.94. The molecule has 1 N–H and O–H groups in total. The Labute approximate surface area is 120 Å². The molecule has 2 rings (SSSR count). The predicted octanol–water partition coefficient (Wildman–Crippen LogP) is 3.63. The summed E-state index contributed by atoms with van der Waals surface area (Å²) in [5, 5.41) is 2.57. The number of amides is 1. The molecule has 0 saturated heterocycles. The zero-order chi connectivity index (χ0) is 14.8. The topological polar surface area (TPSA) is 29.1 Å². The first-order valence-electron chi connectivity index (χ1n) is 6.47. The zero-order valence-corrected chi connectivity index (χ0v) is 11.6. The summed E-state index contributed by atoms with van der Waals surface area (Å²) in [6.45, 7) is 0.313. The van der Waals surface area contributed by atoms with Crippen LogP contribution < -0.4 is 5.32 Å². The Balaban J connectivity index is 2.07. The molecule has 1 aromatic rings. The van der Waals surface area contributed by atoms with Crippen LogP contribution in [0.3, 0.4) is 0 Å². The molecule has 0 spiro atoms. The van der Waals surface area contributed by atoms with Crippen molar-refractivity contribution in [2.75, 3.05) is 12.4 Å². The van der Waals surface area contributed by atoms with Crippen molar-refractivity contribution in [2.24, 2.45) is 5.41 Å². The summed E-state index contributed by atoms with van der Waals surface area (Å²) in [7, 11) is 0. The summed E-state index contributed by atoms with van der Waals surface area (Å²) < 4.78 is 39.4. The SMILES string of the molecule is O=C(NCC1(CCl)CCCC1)c1ccc(F)c(F)c1F. The van der Waals surface area contributed by atoms with Crippen LogP contribution in [0.25, 0.3) is 0 Å². The Hall–Kier alpha value is -1.23. The number of carbonyl (C=O) groups is 1. The third-order valence-corrected chi connectivity index (χ3v) is 4.42. The van der Waals surface area contributed by atoms with Crippen molar-refractivity contribution in [2.45, 2.75) is 25.7 Å². The Kier molecular flexibility index (Phi) is 4.58. The minimum absolute atomic E-state index is 0.174. The van der Waals surface area contributed by atoms with Gasteiger partial charge < -0.3 is 5.32 Å². The fraction of sp³-hybridized carbons (Fsp3) is 0.500. The molecular weight excluding hydrogens is 291 g/mol. The highest BCUT2D eigenvalue weighted by atomic mass is 35.5. The van der Waals surface area contributed by atoms with E-state index >= 15 is 0 Å². The first-order valence-corrected chi connectivity index (χ1v) is 7.00. The van der Waals surface area contributed by atoms with Crippen LogP contribution in [0.4, 0.5) is 13.2 Å². The Bertz CT molecular complexity index is 515. The molecule has 0 atom stereocenters. The van der Waals surface area contributed by atoms with Gasteiger partial charge in [-0.3, -0.25) is 4.79 Å². The minimum atomic E-state index is -1.63. The van der Waals surface area contributed by atoms with Gasteiger partial charge >= 0.3 is 0 Å². The zero-order valence-electron chi connectivity index (χ0n) is 10.8. The summed E-state index contributed by atoms with van der Waals surface area (Å²) in [6.07, 6.45) is 3.89.